The van der Waals surface area contributed by atoms with Crippen molar-refractivity contribution in [3.63, 3.8) is 0 Å². The van der Waals surface area contributed by atoms with Crippen LogP contribution in [0.1, 0.15) is 28.8 Å². The number of piperazine rings is 1. The van der Waals surface area contributed by atoms with Crippen LogP contribution < -0.4 is 5.32 Å². The van der Waals surface area contributed by atoms with Gasteiger partial charge in [0.25, 0.3) is 5.91 Å². The zero-order chi connectivity index (χ0) is 17.9. The SMILES string of the molecule is O=C(c1ccc(C(F)(F)F)cc1)N1CCN(CC2CCNCC2)CC1. The average Bonchev–Trinajstić information content (AvgIpc) is 2.62. The molecule has 2 aliphatic rings. The second-order valence-electron chi connectivity index (χ2n) is 6.86. The maximum absolute atomic E-state index is 12.6. The largest absolute Gasteiger partial charge is 0.416 e. The molecule has 2 aliphatic heterocycles. The number of rotatable bonds is 3. The van der Waals surface area contributed by atoms with Gasteiger partial charge in [-0.1, -0.05) is 0 Å². The van der Waals surface area contributed by atoms with Crippen LogP contribution >= 0.6 is 0 Å². The van der Waals surface area contributed by atoms with Crippen LogP contribution in [0, 0.1) is 5.92 Å². The predicted molar refractivity (Wildman–Crippen MR) is 89.4 cm³/mol. The van der Waals surface area contributed by atoms with Gasteiger partial charge in [-0.15, -0.1) is 0 Å². The van der Waals surface area contributed by atoms with Gasteiger partial charge in [0, 0.05) is 38.3 Å². The summed E-state index contributed by atoms with van der Waals surface area (Å²) >= 11 is 0. The van der Waals surface area contributed by atoms with Crippen molar-refractivity contribution < 1.29 is 18.0 Å². The molecule has 0 radical (unpaired) electrons. The molecule has 25 heavy (non-hydrogen) atoms. The molecular weight excluding hydrogens is 331 g/mol. The summed E-state index contributed by atoms with van der Waals surface area (Å²) in [5.41, 5.74) is -0.407. The summed E-state index contributed by atoms with van der Waals surface area (Å²) in [5.74, 6) is 0.536. The summed E-state index contributed by atoms with van der Waals surface area (Å²) in [4.78, 5) is 16.6. The van der Waals surface area contributed by atoms with Crippen LogP contribution in [0.3, 0.4) is 0 Å². The molecule has 2 heterocycles. The fraction of sp³-hybridized carbons (Fsp3) is 0.611. The third kappa shape index (κ3) is 4.73. The van der Waals surface area contributed by atoms with Gasteiger partial charge in [-0.05, 0) is 56.1 Å². The zero-order valence-corrected chi connectivity index (χ0v) is 14.2. The average molecular weight is 355 g/mol. The Balaban J connectivity index is 1.51. The number of nitrogens with zero attached hydrogens (tertiary/aromatic N) is 2. The lowest BCUT2D eigenvalue weighted by Gasteiger charge is -2.37. The molecule has 1 aromatic carbocycles. The second-order valence-corrected chi connectivity index (χ2v) is 6.86. The molecule has 2 fully saturated rings. The quantitative estimate of drug-likeness (QED) is 0.905. The van der Waals surface area contributed by atoms with Crippen molar-refractivity contribution >= 4 is 5.91 Å². The molecule has 3 rings (SSSR count). The Morgan fingerprint density at radius 1 is 1.04 bits per heavy atom. The number of halogens is 3. The molecule has 1 N–H and O–H groups in total. The van der Waals surface area contributed by atoms with E-state index in [1.807, 2.05) is 0 Å². The van der Waals surface area contributed by atoms with Crippen molar-refractivity contribution in [3.8, 4) is 0 Å². The van der Waals surface area contributed by atoms with Crippen molar-refractivity contribution in [2.24, 2.45) is 5.92 Å². The molecule has 0 aromatic heterocycles. The van der Waals surface area contributed by atoms with E-state index < -0.39 is 11.7 Å². The molecule has 0 unspecified atom stereocenters. The molecule has 7 heteroatoms. The predicted octanol–water partition coefficient (Wildman–Crippen LogP) is 2.46. The van der Waals surface area contributed by atoms with Gasteiger partial charge in [0.2, 0.25) is 0 Å². The van der Waals surface area contributed by atoms with E-state index in [0.29, 0.717) is 18.7 Å². The van der Waals surface area contributed by atoms with Crippen LogP contribution in [0.15, 0.2) is 24.3 Å². The Hall–Kier alpha value is -1.60. The Morgan fingerprint density at radius 3 is 2.20 bits per heavy atom. The van der Waals surface area contributed by atoms with Crippen LogP contribution in [-0.4, -0.2) is 61.5 Å². The van der Waals surface area contributed by atoms with Crippen molar-refractivity contribution in [2.45, 2.75) is 19.0 Å². The molecule has 1 aromatic rings. The van der Waals surface area contributed by atoms with Crippen LogP contribution in [-0.2, 0) is 6.18 Å². The number of hydrogen-bond acceptors (Lipinski definition) is 3. The maximum Gasteiger partial charge on any atom is 0.416 e. The van der Waals surface area contributed by atoms with Gasteiger partial charge in [-0.25, -0.2) is 0 Å². The summed E-state index contributed by atoms with van der Waals surface area (Å²) < 4.78 is 37.8. The molecule has 0 atom stereocenters. The molecule has 0 spiro atoms. The molecule has 0 aliphatic carbocycles. The van der Waals surface area contributed by atoms with E-state index in [1.165, 1.54) is 25.0 Å². The van der Waals surface area contributed by atoms with Gasteiger partial charge in [0.05, 0.1) is 5.56 Å². The molecular formula is C18H24F3N3O. The van der Waals surface area contributed by atoms with Crippen LogP contribution in [0.2, 0.25) is 0 Å². The topological polar surface area (TPSA) is 35.6 Å². The first-order valence-corrected chi connectivity index (χ1v) is 8.83. The smallest absolute Gasteiger partial charge is 0.336 e. The number of amides is 1. The molecule has 0 saturated carbocycles. The standard InChI is InChI=1S/C18H24F3N3O/c19-18(20,21)16-3-1-15(2-4-16)17(25)24-11-9-23(10-12-24)13-14-5-7-22-8-6-14/h1-4,14,22H,5-13H2. The minimum atomic E-state index is -4.37. The monoisotopic (exact) mass is 355 g/mol. The van der Waals surface area contributed by atoms with Crippen molar-refractivity contribution in [1.82, 2.24) is 15.1 Å². The highest BCUT2D eigenvalue weighted by atomic mass is 19.4. The van der Waals surface area contributed by atoms with E-state index in [0.717, 1.165) is 50.8 Å². The van der Waals surface area contributed by atoms with Gasteiger partial charge in [0.1, 0.15) is 0 Å². The van der Waals surface area contributed by atoms with Crippen molar-refractivity contribution in [1.29, 1.82) is 0 Å². The van der Waals surface area contributed by atoms with E-state index in [-0.39, 0.29) is 5.91 Å². The molecule has 138 valence electrons. The fourth-order valence-corrected chi connectivity index (χ4v) is 3.55. The Bertz CT molecular complexity index is 574. The van der Waals surface area contributed by atoms with E-state index in [4.69, 9.17) is 0 Å². The highest BCUT2D eigenvalue weighted by molar-refractivity contribution is 5.94. The van der Waals surface area contributed by atoms with Crippen molar-refractivity contribution in [2.75, 3.05) is 45.8 Å². The highest BCUT2D eigenvalue weighted by Gasteiger charge is 2.31. The van der Waals surface area contributed by atoms with Gasteiger partial charge in [0.15, 0.2) is 0 Å². The summed E-state index contributed by atoms with van der Waals surface area (Å²) in [6.07, 6.45) is -1.97. The minimum absolute atomic E-state index is 0.185. The summed E-state index contributed by atoms with van der Waals surface area (Å²) in [7, 11) is 0. The van der Waals surface area contributed by atoms with Gasteiger partial charge in [-0.3, -0.25) is 9.69 Å². The van der Waals surface area contributed by atoms with E-state index in [2.05, 4.69) is 10.2 Å². The van der Waals surface area contributed by atoms with Crippen LogP contribution in [0.5, 0.6) is 0 Å². The number of piperidine rings is 1. The maximum atomic E-state index is 12.6. The number of nitrogens with one attached hydrogen (secondary N) is 1. The normalized spacial score (nSPS) is 20.7. The third-order valence-electron chi connectivity index (χ3n) is 5.09. The zero-order valence-electron chi connectivity index (χ0n) is 14.2. The first kappa shape index (κ1) is 18.2. The number of benzene rings is 1. The number of alkyl halides is 3. The highest BCUT2D eigenvalue weighted by Crippen LogP contribution is 2.29. The number of hydrogen-bond donors (Lipinski definition) is 1. The minimum Gasteiger partial charge on any atom is -0.336 e. The first-order valence-electron chi connectivity index (χ1n) is 8.83. The van der Waals surface area contributed by atoms with Crippen LogP contribution in [0.4, 0.5) is 13.2 Å². The second kappa shape index (κ2) is 7.74. The van der Waals surface area contributed by atoms with Gasteiger partial charge >= 0.3 is 6.18 Å². The van der Waals surface area contributed by atoms with Crippen molar-refractivity contribution in [3.05, 3.63) is 35.4 Å². The number of carbonyl (C=O) groups is 1. The van der Waals surface area contributed by atoms with E-state index in [9.17, 15) is 18.0 Å². The molecule has 2 saturated heterocycles. The lowest BCUT2D eigenvalue weighted by molar-refractivity contribution is -0.137. The first-order chi connectivity index (χ1) is 11.9. The van der Waals surface area contributed by atoms with E-state index in [1.54, 1.807) is 4.90 Å². The van der Waals surface area contributed by atoms with Gasteiger partial charge < -0.3 is 10.2 Å². The molecule has 1 amide bonds. The lowest BCUT2D eigenvalue weighted by atomic mass is 9.97. The summed E-state index contributed by atoms with van der Waals surface area (Å²) in [6.45, 7) is 6.15. The Labute approximate surface area is 146 Å². The lowest BCUT2D eigenvalue weighted by Crippen LogP contribution is -2.50. The fourth-order valence-electron chi connectivity index (χ4n) is 3.55. The number of carbonyl (C=O) groups excluding carboxylic acids is 1. The third-order valence-corrected chi connectivity index (χ3v) is 5.09. The van der Waals surface area contributed by atoms with E-state index >= 15 is 0 Å². The summed E-state index contributed by atoms with van der Waals surface area (Å²) in [5, 5.41) is 3.36. The molecule has 0 bridgehead atoms. The molecule has 4 nitrogen and oxygen atoms in total. The Kier molecular flexibility index (Phi) is 5.64. The van der Waals surface area contributed by atoms with Crippen LogP contribution in [0.25, 0.3) is 0 Å². The summed E-state index contributed by atoms with van der Waals surface area (Å²) in [6, 6.07) is 4.49. The Morgan fingerprint density at radius 2 is 1.64 bits per heavy atom. The van der Waals surface area contributed by atoms with Gasteiger partial charge in [-0.2, -0.15) is 13.2 Å².